The van der Waals surface area contributed by atoms with Crippen molar-refractivity contribution in [3.8, 4) is 11.3 Å². The topological polar surface area (TPSA) is 68.2 Å². The first kappa shape index (κ1) is 18.2. The Labute approximate surface area is 162 Å². The van der Waals surface area contributed by atoms with E-state index in [1.54, 1.807) is 35.6 Å². The van der Waals surface area contributed by atoms with Crippen LogP contribution in [0.5, 0.6) is 0 Å². The second-order valence-corrected chi connectivity index (χ2v) is 6.54. The van der Waals surface area contributed by atoms with Gasteiger partial charge < -0.3 is 9.64 Å². The van der Waals surface area contributed by atoms with E-state index < -0.39 is 0 Å². The number of halogens is 1. The van der Waals surface area contributed by atoms with Gasteiger partial charge in [0.2, 0.25) is 5.91 Å². The molecule has 1 saturated heterocycles. The Morgan fingerprint density at radius 3 is 2.96 bits per heavy atom. The van der Waals surface area contributed by atoms with Crippen LogP contribution in [0.4, 0.5) is 4.39 Å². The molecule has 0 bridgehead atoms. The molecule has 0 aliphatic carbocycles. The van der Waals surface area contributed by atoms with Crippen LogP contribution in [0.1, 0.15) is 17.5 Å². The maximum Gasteiger partial charge on any atom is 0.228 e. The van der Waals surface area contributed by atoms with E-state index in [2.05, 4.69) is 15.0 Å². The minimum absolute atomic E-state index is 0.00115. The van der Waals surface area contributed by atoms with Crippen molar-refractivity contribution in [1.29, 1.82) is 0 Å². The number of amides is 1. The highest BCUT2D eigenvalue weighted by atomic mass is 19.1. The predicted molar refractivity (Wildman–Crippen MR) is 101 cm³/mol. The number of morpholine rings is 1. The van der Waals surface area contributed by atoms with Crippen LogP contribution < -0.4 is 0 Å². The second-order valence-electron chi connectivity index (χ2n) is 6.54. The molecular weight excluding hydrogens is 359 g/mol. The summed E-state index contributed by atoms with van der Waals surface area (Å²) in [6.45, 7) is 1.34. The van der Waals surface area contributed by atoms with Crippen LogP contribution in [0.3, 0.4) is 0 Å². The van der Waals surface area contributed by atoms with Gasteiger partial charge in [0.15, 0.2) is 0 Å². The fraction of sp³-hybridized carbons (Fsp3) is 0.238. The molecule has 7 heteroatoms. The Bertz CT molecular complexity index is 967. The summed E-state index contributed by atoms with van der Waals surface area (Å²) in [4.78, 5) is 27.4. The van der Waals surface area contributed by atoms with Crippen LogP contribution in [0.15, 0.2) is 61.1 Å². The highest BCUT2D eigenvalue weighted by molar-refractivity contribution is 5.78. The van der Waals surface area contributed by atoms with Crippen molar-refractivity contribution >= 4 is 5.91 Å². The summed E-state index contributed by atoms with van der Waals surface area (Å²) in [5, 5.41) is 0. The van der Waals surface area contributed by atoms with Gasteiger partial charge in [-0.05, 0) is 24.3 Å². The Morgan fingerprint density at radius 2 is 2.14 bits per heavy atom. The zero-order valence-corrected chi connectivity index (χ0v) is 15.2. The normalized spacial score (nSPS) is 16.8. The van der Waals surface area contributed by atoms with Gasteiger partial charge in [-0.1, -0.05) is 18.2 Å². The van der Waals surface area contributed by atoms with Gasteiger partial charge in [0, 0.05) is 24.0 Å². The Kier molecular flexibility index (Phi) is 5.34. The molecule has 1 amide bonds. The summed E-state index contributed by atoms with van der Waals surface area (Å²) in [5.41, 5.74) is 2.58. The lowest BCUT2D eigenvalue weighted by Gasteiger charge is -2.32. The third-order valence-electron chi connectivity index (χ3n) is 4.58. The van der Waals surface area contributed by atoms with E-state index in [1.165, 1.54) is 12.1 Å². The molecule has 1 aromatic carbocycles. The van der Waals surface area contributed by atoms with Crippen molar-refractivity contribution in [3.63, 3.8) is 0 Å². The second kappa shape index (κ2) is 8.22. The minimum Gasteiger partial charge on any atom is -0.368 e. The van der Waals surface area contributed by atoms with Gasteiger partial charge in [0.1, 0.15) is 11.9 Å². The fourth-order valence-corrected chi connectivity index (χ4v) is 3.15. The average Bonchev–Trinajstić information content (AvgIpc) is 2.75. The summed E-state index contributed by atoms with van der Waals surface area (Å²) in [7, 11) is 0. The van der Waals surface area contributed by atoms with E-state index in [4.69, 9.17) is 4.74 Å². The number of nitrogens with zero attached hydrogens (tertiary/aromatic N) is 4. The summed E-state index contributed by atoms with van der Waals surface area (Å²) >= 11 is 0. The summed E-state index contributed by atoms with van der Waals surface area (Å²) in [6, 6.07) is 11.7. The molecule has 0 radical (unpaired) electrons. The number of hydrogen-bond acceptors (Lipinski definition) is 5. The van der Waals surface area contributed by atoms with E-state index in [0.717, 1.165) is 5.69 Å². The molecule has 1 aliphatic heterocycles. The van der Waals surface area contributed by atoms with Crippen LogP contribution in [0.2, 0.25) is 0 Å². The van der Waals surface area contributed by atoms with Crippen molar-refractivity contribution in [3.05, 3.63) is 78.3 Å². The quantitative estimate of drug-likeness (QED) is 0.698. The zero-order chi connectivity index (χ0) is 19.3. The number of rotatable bonds is 4. The Balaban J connectivity index is 1.49. The molecule has 2 aromatic heterocycles. The number of carbonyl (C=O) groups excluding carboxylic acids is 1. The molecule has 3 aromatic rings. The lowest BCUT2D eigenvalue weighted by molar-refractivity contribution is -0.138. The molecule has 6 nitrogen and oxygen atoms in total. The van der Waals surface area contributed by atoms with Crippen LogP contribution in [0.25, 0.3) is 11.3 Å². The first-order valence-electron chi connectivity index (χ1n) is 9.06. The number of ether oxygens (including phenoxy) is 1. The molecule has 3 heterocycles. The number of hydrogen-bond donors (Lipinski definition) is 0. The van der Waals surface area contributed by atoms with Crippen molar-refractivity contribution in [2.24, 2.45) is 0 Å². The molecule has 0 saturated carbocycles. The molecule has 28 heavy (non-hydrogen) atoms. The number of aromatic nitrogens is 3. The molecule has 1 aliphatic rings. The molecule has 142 valence electrons. The number of carbonyl (C=O) groups is 1. The Hall–Kier alpha value is -3.19. The van der Waals surface area contributed by atoms with Gasteiger partial charge in [0.25, 0.3) is 0 Å². The van der Waals surface area contributed by atoms with Crippen LogP contribution >= 0.6 is 0 Å². The SMILES string of the molecule is O=C(Cc1ccccn1)N1CCO[C@@H](c2cncc(-c3cccc(F)c3)n2)C1. The summed E-state index contributed by atoms with van der Waals surface area (Å²) in [5.74, 6) is -0.328. The van der Waals surface area contributed by atoms with E-state index >= 15 is 0 Å². The molecule has 1 atom stereocenters. The number of benzene rings is 1. The smallest absolute Gasteiger partial charge is 0.228 e. The first-order valence-corrected chi connectivity index (χ1v) is 9.06. The van der Waals surface area contributed by atoms with Gasteiger partial charge in [-0.25, -0.2) is 9.37 Å². The van der Waals surface area contributed by atoms with Gasteiger partial charge in [0.05, 0.1) is 43.4 Å². The molecule has 0 spiro atoms. The van der Waals surface area contributed by atoms with E-state index in [1.807, 2.05) is 18.2 Å². The van der Waals surface area contributed by atoms with Crippen LogP contribution in [0, 0.1) is 5.82 Å². The highest BCUT2D eigenvalue weighted by Crippen LogP contribution is 2.24. The molecular formula is C21H19FN4O2. The van der Waals surface area contributed by atoms with Crippen molar-refractivity contribution < 1.29 is 13.9 Å². The Morgan fingerprint density at radius 1 is 1.21 bits per heavy atom. The standard InChI is InChI=1S/C21H19FN4O2/c22-16-5-3-4-15(10-16)18-12-23-13-19(25-18)20-14-26(8-9-28-20)21(27)11-17-6-1-2-7-24-17/h1-7,10,12-13,20H,8-9,11,14H2/t20-/m1/s1. The maximum absolute atomic E-state index is 13.5. The first-order chi connectivity index (χ1) is 13.7. The van der Waals surface area contributed by atoms with Crippen LogP contribution in [-0.4, -0.2) is 45.5 Å². The minimum atomic E-state index is -0.373. The lowest BCUT2D eigenvalue weighted by atomic mass is 10.1. The van der Waals surface area contributed by atoms with E-state index in [-0.39, 0.29) is 24.2 Å². The predicted octanol–water partition coefficient (Wildman–Crippen LogP) is 2.82. The lowest BCUT2D eigenvalue weighted by Crippen LogP contribution is -2.43. The van der Waals surface area contributed by atoms with Crippen molar-refractivity contribution in [1.82, 2.24) is 19.9 Å². The summed E-state index contributed by atoms with van der Waals surface area (Å²) in [6.07, 6.45) is 4.77. The third kappa shape index (κ3) is 4.20. The van der Waals surface area contributed by atoms with Gasteiger partial charge in [-0.15, -0.1) is 0 Å². The number of pyridine rings is 1. The maximum atomic E-state index is 13.5. The van der Waals surface area contributed by atoms with E-state index in [0.29, 0.717) is 36.6 Å². The molecule has 1 fully saturated rings. The third-order valence-corrected chi connectivity index (χ3v) is 4.58. The van der Waals surface area contributed by atoms with Gasteiger partial charge >= 0.3 is 0 Å². The zero-order valence-electron chi connectivity index (χ0n) is 15.2. The van der Waals surface area contributed by atoms with E-state index in [9.17, 15) is 9.18 Å². The molecule has 0 unspecified atom stereocenters. The highest BCUT2D eigenvalue weighted by Gasteiger charge is 2.27. The van der Waals surface area contributed by atoms with Gasteiger partial charge in [-0.3, -0.25) is 14.8 Å². The fourth-order valence-electron chi connectivity index (χ4n) is 3.15. The van der Waals surface area contributed by atoms with Crippen molar-refractivity contribution in [2.75, 3.05) is 19.7 Å². The van der Waals surface area contributed by atoms with Crippen molar-refractivity contribution in [2.45, 2.75) is 12.5 Å². The average molecular weight is 378 g/mol. The van der Waals surface area contributed by atoms with Crippen LogP contribution in [-0.2, 0) is 16.0 Å². The molecule has 0 N–H and O–H groups in total. The molecule has 4 rings (SSSR count). The monoisotopic (exact) mass is 378 g/mol. The van der Waals surface area contributed by atoms with Gasteiger partial charge in [-0.2, -0.15) is 0 Å². The largest absolute Gasteiger partial charge is 0.368 e. The summed E-state index contributed by atoms with van der Waals surface area (Å²) < 4.78 is 19.3.